The summed E-state index contributed by atoms with van der Waals surface area (Å²) in [6.45, 7) is 3.94. The Kier molecular flexibility index (Phi) is 5.81. The van der Waals surface area contributed by atoms with Crippen LogP contribution in [-0.4, -0.2) is 11.5 Å². The maximum atomic E-state index is 13.2. The van der Waals surface area contributed by atoms with Crippen molar-refractivity contribution in [2.24, 2.45) is 5.73 Å². The Bertz CT molecular complexity index is 1110. The van der Waals surface area contributed by atoms with Gasteiger partial charge in [-0.05, 0) is 55.9 Å². The summed E-state index contributed by atoms with van der Waals surface area (Å²) in [6, 6.07) is 12.0. The average Bonchev–Trinajstić information content (AvgIpc) is 3.08. The molecule has 2 aromatic rings. The Balaban J connectivity index is 1.96. The first-order chi connectivity index (χ1) is 14.5. The zero-order valence-corrected chi connectivity index (χ0v) is 19.3. The summed E-state index contributed by atoms with van der Waals surface area (Å²) in [5.74, 6) is 1.56. The highest BCUT2D eigenvalue weighted by Crippen LogP contribution is 2.48. The summed E-state index contributed by atoms with van der Waals surface area (Å²) in [4.78, 5) is 15.1. The quantitative estimate of drug-likeness (QED) is 0.555. The minimum Gasteiger partial charge on any atom is -0.455 e. The highest BCUT2D eigenvalue weighted by Gasteiger charge is 2.41. The SMILES string of the molecule is CCSc1oc(C)cc1C1C(C#N)=C(N)N(c2ccc(Br)cc2)C2=C1C(=O)CCC2. The van der Waals surface area contributed by atoms with Gasteiger partial charge in [0.2, 0.25) is 0 Å². The van der Waals surface area contributed by atoms with Crippen molar-refractivity contribution in [2.75, 3.05) is 10.7 Å². The highest BCUT2D eigenvalue weighted by atomic mass is 79.9. The van der Waals surface area contributed by atoms with Crippen molar-refractivity contribution < 1.29 is 9.21 Å². The highest BCUT2D eigenvalue weighted by molar-refractivity contribution is 9.10. The number of Topliss-reactive ketones (excluding diaryl/α,β-unsaturated/α-hetero) is 1. The van der Waals surface area contributed by atoms with E-state index < -0.39 is 5.92 Å². The molecule has 2 aliphatic rings. The molecule has 2 N–H and O–H groups in total. The summed E-state index contributed by atoms with van der Waals surface area (Å²) in [5.41, 5.74) is 10.3. The number of allylic oxidation sites excluding steroid dienone is 3. The number of aryl methyl sites for hydroxylation is 1. The van der Waals surface area contributed by atoms with E-state index in [2.05, 4.69) is 22.0 Å². The van der Waals surface area contributed by atoms with Gasteiger partial charge >= 0.3 is 0 Å². The normalized spacial score (nSPS) is 19.2. The zero-order chi connectivity index (χ0) is 21.4. The molecular weight excluding hydrogens is 462 g/mol. The molecule has 154 valence electrons. The molecule has 1 aromatic heterocycles. The van der Waals surface area contributed by atoms with Crippen LogP contribution in [0.25, 0.3) is 0 Å². The molecule has 0 radical (unpaired) electrons. The number of anilines is 1. The average molecular weight is 484 g/mol. The maximum Gasteiger partial charge on any atom is 0.164 e. The van der Waals surface area contributed by atoms with E-state index in [1.54, 1.807) is 11.8 Å². The number of nitrogens with two attached hydrogens (primary N) is 1. The number of nitriles is 1. The molecule has 1 aliphatic carbocycles. The molecule has 1 atom stereocenters. The molecule has 0 saturated carbocycles. The largest absolute Gasteiger partial charge is 0.455 e. The second-order valence-corrected chi connectivity index (χ2v) is 9.48. The van der Waals surface area contributed by atoms with Crippen LogP contribution in [0.15, 0.2) is 67.0 Å². The summed E-state index contributed by atoms with van der Waals surface area (Å²) in [5, 5.41) is 10.9. The van der Waals surface area contributed by atoms with Gasteiger partial charge in [0, 0.05) is 33.4 Å². The van der Waals surface area contributed by atoms with E-state index in [-0.39, 0.29) is 5.78 Å². The molecule has 4 rings (SSSR count). The standard InChI is InChI=1S/C23H22BrN3O2S/c1-3-30-23-16(11-13(2)29-23)20-17(12-25)22(26)27(15-9-7-14(24)8-10-15)18-5-4-6-19(28)21(18)20/h7-11,20H,3-6,26H2,1-2H3. The third-order valence-corrected chi connectivity index (χ3v) is 6.83. The second-order valence-electron chi connectivity index (χ2n) is 7.33. The Hall–Kier alpha value is -2.43. The van der Waals surface area contributed by atoms with Crippen molar-refractivity contribution in [3.05, 3.63) is 68.8 Å². The van der Waals surface area contributed by atoms with Crippen LogP contribution in [0.5, 0.6) is 0 Å². The summed E-state index contributed by atoms with van der Waals surface area (Å²) < 4.78 is 6.87. The second kappa shape index (κ2) is 8.37. The molecule has 5 nitrogen and oxygen atoms in total. The van der Waals surface area contributed by atoms with E-state index in [9.17, 15) is 10.1 Å². The van der Waals surface area contributed by atoms with E-state index in [0.29, 0.717) is 23.4 Å². The number of furan rings is 1. The predicted molar refractivity (Wildman–Crippen MR) is 122 cm³/mol. The van der Waals surface area contributed by atoms with Gasteiger partial charge in [-0.2, -0.15) is 5.26 Å². The van der Waals surface area contributed by atoms with Crippen LogP contribution in [0.2, 0.25) is 0 Å². The lowest BCUT2D eigenvalue weighted by Gasteiger charge is -2.39. The van der Waals surface area contributed by atoms with Gasteiger partial charge in [-0.15, -0.1) is 0 Å². The van der Waals surface area contributed by atoms with Gasteiger partial charge in [-0.3, -0.25) is 9.69 Å². The fourth-order valence-electron chi connectivity index (χ4n) is 4.24. The van der Waals surface area contributed by atoms with Gasteiger partial charge in [-0.1, -0.05) is 34.6 Å². The van der Waals surface area contributed by atoms with Crippen molar-refractivity contribution in [1.29, 1.82) is 5.26 Å². The fraction of sp³-hybridized carbons (Fsp3) is 0.304. The molecule has 1 unspecified atom stereocenters. The molecule has 7 heteroatoms. The minimum absolute atomic E-state index is 0.0786. The lowest BCUT2D eigenvalue weighted by Crippen LogP contribution is -2.38. The number of hydrogen-bond acceptors (Lipinski definition) is 6. The van der Waals surface area contributed by atoms with Gasteiger partial charge < -0.3 is 10.2 Å². The Morgan fingerprint density at radius 3 is 2.73 bits per heavy atom. The van der Waals surface area contributed by atoms with Crippen molar-refractivity contribution in [1.82, 2.24) is 0 Å². The molecule has 0 amide bonds. The van der Waals surface area contributed by atoms with Crippen LogP contribution in [0, 0.1) is 18.3 Å². The van der Waals surface area contributed by atoms with E-state index >= 15 is 0 Å². The van der Waals surface area contributed by atoms with Gasteiger partial charge in [0.1, 0.15) is 11.6 Å². The third kappa shape index (κ3) is 3.48. The van der Waals surface area contributed by atoms with Crippen LogP contribution in [-0.2, 0) is 4.79 Å². The number of nitrogens with zero attached hydrogens (tertiary/aromatic N) is 2. The van der Waals surface area contributed by atoms with Gasteiger partial charge in [0.25, 0.3) is 0 Å². The number of thioether (sulfide) groups is 1. The first-order valence-electron chi connectivity index (χ1n) is 9.91. The number of carbonyl (C=O) groups excluding carboxylic acids is 1. The Morgan fingerprint density at radius 2 is 2.07 bits per heavy atom. The van der Waals surface area contributed by atoms with Crippen LogP contribution >= 0.6 is 27.7 Å². The van der Waals surface area contributed by atoms with E-state index in [1.807, 2.05) is 49.1 Å². The molecule has 1 aliphatic heterocycles. The smallest absolute Gasteiger partial charge is 0.164 e. The van der Waals surface area contributed by atoms with Crippen molar-refractivity contribution in [3.8, 4) is 6.07 Å². The third-order valence-electron chi connectivity index (χ3n) is 5.43. The number of rotatable bonds is 4. The number of ketones is 1. The monoisotopic (exact) mass is 483 g/mol. The number of halogens is 1. The fourth-order valence-corrected chi connectivity index (χ4v) is 5.30. The summed E-state index contributed by atoms with van der Waals surface area (Å²) in [6.07, 6.45) is 1.99. The van der Waals surface area contributed by atoms with Crippen LogP contribution in [0.4, 0.5) is 5.69 Å². The number of hydrogen-bond donors (Lipinski definition) is 1. The van der Waals surface area contributed by atoms with E-state index in [4.69, 9.17) is 10.2 Å². The zero-order valence-electron chi connectivity index (χ0n) is 16.9. The lowest BCUT2D eigenvalue weighted by atomic mass is 9.76. The molecule has 0 saturated heterocycles. The first kappa shape index (κ1) is 20.8. The molecule has 2 heterocycles. The maximum absolute atomic E-state index is 13.2. The van der Waals surface area contributed by atoms with Crippen LogP contribution in [0.1, 0.15) is 43.4 Å². The van der Waals surface area contributed by atoms with Crippen molar-refractivity contribution in [3.63, 3.8) is 0 Å². The molecule has 1 aromatic carbocycles. The van der Waals surface area contributed by atoms with Gasteiger partial charge in [0.05, 0.1) is 17.6 Å². The molecule has 0 fully saturated rings. The lowest BCUT2D eigenvalue weighted by molar-refractivity contribution is -0.116. The predicted octanol–water partition coefficient (Wildman–Crippen LogP) is 5.77. The first-order valence-corrected chi connectivity index (χ1v) is 11.7. The van der Waals surface area contributed by atoms with Crippen molar-refractivity contribution >= 4 is 39.2 Å². The summed E-state index contributed by atoms with van der Waals surface area (Å²) >= 11 is 5.04. The van der Waals surface area contributed by atoms with Crippen molar-refractivity contribution in [2.45, 2.75) is 44.1 Å². The Labute approximate surface area is 188 Å². The van der Waals surface area contributed by atoms with E-state index in [1.165, 1.54) is 0 Å². The minimum atomic E-state index is -0.490. The van der Waals surface area contributed by atoms with Crippen LogP contribution < -0.4 is 10.6 Å². The molecular formula is C23H22BrN3O2S. The summed E-state index contributed by atoms with van der Waals surface area (Å²) in [7, 11) is 0. The molecule has 30 heavy (non-hydrogen) atoms. The van der Waals surface area contributed by atoms with Gasteiger partial charge in [0.15, 0.2) is 10.9 Å². The van der Waals surface area contributed by atoms with Crippen LogP contribution in [0.3, 0.4) is 0 Å². The number of carbonyl (C=O) groups is 1. The molecule has 0 spiro atoms. The molecule has 0 bridgehead atoms. The van der Waals surface area contributed by atoms with E-state index in [0.717, 1.165) is 50.9 Å². The Morgan fingerprint density at radius 1 is 1.33 bits per heavy atom. The van der Waals surface area contributed by atoms with Gasteiger partial charge in [-0.25, -0.2) is 0 Å². The number of benzene rings is 1. The topological polar surface area (TPSA) is 83.3 Å².